The van der Waals surface area contributed by atoms with E-state index in [1.807, 2.05) is 12.1 Å². The van der Waals surface area contributed by atoms with Crippen LogP contribution in [0, 0.1) is 0 Å². The molecule has 0 radical (unpaired) electrons. The topological polar surface area (TPSA) is 30.7 Å². The molecule has 0 spiro atoms. The van der Waals surface area contributed by atoms with Gasteiger partial charge in [0.05, 0.1) is 39.1 Å². The van der Waals surface area contributed by atoms with Gasteiger partial charge in [0, 0.05) is 27.3 Å². The Hall–Kier alpha value is -9.44. The lowest BCUT2D eigenvalue weighted by Crippen LogP contribution is -1.99. The smallest absolute Gasteiger partial charge is 0.0979 e. The van der Waals surface area contributed by atoms with Gasteiger partial charge in [-0.25, -0.2) is 9.97 Å². The van der Waals surface area contributed by atoms with Crippen molar-refractivity contribution in [1.82, 2.24) is 14.5 Å². The molecule has 0 saturated heterocycles. The lowest BCUT2D eigenvalue weighted by Gasteiger charge is -2.17. The molecule has 0 aliphatic rings. The molecule has 14 rings (SSSR count). The van der Waals surface area contributed by atoms with Crippen LogP contribution in [0.2, 0.25) is 0 Å². The zero-order chi connectivity index (χ0) is 46.8. The number of hydrogen-bond acceptors (Lipinski definition) is 2. The molecule has 0 aliphatic carbocycles. The van der Waals surface area contributed by atoms with Crippen LogP contribution in [0.15, 0.2) is 261 Å². The summed E-state index contributed by atoms with van der Waals surface area (Å²) in [6, 6.07) is 94.2. The molecule has 3 nitrogen and oxygen atoms in total. The summed E-state index contributed by atoms with van der Waals surface area (Å²) in [6.45, 7) is 0. The lowest BCUT2D eigenvalue weighted by molar-refractivity contribution is 1.20. The fraction of sp³-hybridized carbons (Fsp3) is 0. The minimum absolute atomic E-state index is 0.846. The number of hydrogen-bond donors (Lipinski definition) is 0. The minimum atomic E-state index is 0.846. The molecule has 2 aromatic heterocycles. The van der Waals surface area contributed by atoms with Crippen LogP contribution in [0.1, 0.15) is 0 Å². The number of para-hydroxylation sites is 2. The molecule has 0 fully saturated rings. The molecule has 71 heavy (non-hydrogen) atoms. The number of rotatable bonds is 7. The average Bonchev–Trinajstić information content (AvgIpc) is 3.79. The fourth-order valence-corrected chi connectivity index (χ4v) is 11.0. The molecule has 0 N–H and O–H groups in total. The Morgan fingerprint density at radius 1 is 0.254 bits per heavy atom. The summed E-state index contributed by atoms with van der Waals surface area (Å²) in [7, 11) is 0. The van der Waals surface area contributed by atoms with Crippen LogP contribution in [0.3, 0.4) is 0 Å². The van der Waals surface area contributed by atoms with Gasteiger partial charge in [0.15, 0.2) is 0 Å². The summed E-state index contributed by atoms with van der Waals surface area (Å²) in [5.41, 5.74) is 18.4. The van der Waals surface area contributed by atoms with E-state index >= 15 is 0 Å². The molecular formula is C68H43N3. The van der Waals surface area contributed by atoms with Crippen LogP contribution in [-0.2, 0) is 0 Å². The van der Waals surface area contributed by atoms with Crippen molar-refractivity contribution in [2.75, 3.05) is 0 Å². The van der Waals surface area contributed by atoms with E-state index in [0.29, 0.717) is 0 Å². The second-order valence-corrected chi connectivity index (χ2v) is 18.4. The standard InChI is InChI=1S/C68H43N3/c1-4-18-44(19-5-1)50-40-51(45-20-6-2-7-21-45)42-52(41-50)46-34-36-49(37-35-46)67-68(70-61-32-15-14-31-60(61)69-67)58-30-16-29-56-54(58)28-17-33-62(56)71-63-39-38-48-24-10-11-25-53(48)65(63)66-57-27-13-12-26-55(57)59(43-64(66)71)47-22-8-3-9-23-47/h1-43H. The highest BCUT2D eigenvalue weighted by Gasteiger charge is 2.23. The second kappa shape index (κ2) is 16.7. The predicted octanol–water partition coefficient (Wildman–Crippen LogP) is 18.2. The van der Waals surface area contributed by atoms with Crippen molar-refractivity contribution in [3.05, 3.63) is 261 Å². The normalized spacial score (nSPS) is 11.7. The first kappa shape index (κ1) is 40.6. The van der Waals surface area contributed by atoms with Crippen LogP contribution in [0.5, 0.6) is 0 Å². The van der Waals surface area contributed by atoms with Crippen molar-refractivity contribution in [3.63, 3.8) is 0 Å². The Morgan fingerprint density at radius 2 is 0.732 bits per heavy atom. The minimum Gasteiger partial charge on any atom is -0.309 e. The van der Waals surface area contributed by atoms with Crippen molar-refractivity contribution < 1.29 is 0 Å². The summed E-state index contributed by atoms with van der Waals surface area (Å²) in [5, 5.41) is 9.72. The molecule has 0 amide bonds. The predicted molar refractivity (Wildman–Crippen MR) is 299 cm³/mol. The maximum Gasteiger partial charge on any atom is 0.0979 e. The van der Waals surface area contributed by atoms with Crippen molar-refractivity contribution in [2.45, 2.75) is 0 Å². The van der Waals surface area contributed by atoms with Gasteiger partial charge < -0.3 is 4.57 Å². The van der Waals surface area contributed by atoms with Gasteiger partial charge in [0.2, 0.25) is 0 Å². The van der Waals surface area contributed by atoms with Crippen LogP contribution in [0.25, 0.3) is 138 Å². The van der Waals surface area contributed by atoms with E-state index in [9.17, 15) is 0 Å². The largest absolute Gasteiger partial charge is 0.309 e. The van der Waals surface area contributed by atoms with Gasteiger partial charge in [-0.05, 0) is 120 Å². The monoisotopic (exact) mass is 901 g/mol. The van der Waals surface area contributed by atoms with E-state index < -0.39 is 0 Å². The van der Waals surface area contributed by atoms with Gasteiger partial charge in [-0.1, -0.05) is 212 Å². The van der Waals surface area contributed by atoms with Crippen LogP contribution < -0.4 is 0 Å². The average molecular weight is 902 g/mol. The Balaban J connectivity index is 0.969. The summed E-state index contributed by atoms with van der Waals surface area (Å²) >= 11 is 0. The van der Waals surface area contributed by atoms with Gasteiger partial charge in [0.25, 0.3) is 0 Å². The van der Waals surface area contributed by atoms with Gasteiger partial charge in [0.1, 0.15) is 0 Å². The zero-order valence-corrected chi connectivity index (χ0v) is 38.7. The highest BCUT2D eigenvalue weighted by Crippen LogP contribution is 2.46. The Bertz CT molecular complexity index is 4310. The molecule has 330 valence electrons. The highest BCUT2D eigenvalue weighted by molar-refractivity contribution is 6.30. The number of aromatic nitrogens is 3. The molecule has 0 atom stereocenters. The Morgan fingerprint density at radius 3 is 1.41 bits per heavy atom. The second-order valence-electron chi connectivity index (χ2n) is 18.4. The van der Waals surface area contributed by atoms with Crippen molar-refractivity contribution in [2.24, 2.45) is 0 Å². The maximum atomic E-state index is 5.48. The lowest BCUT2D eigenvalue weighted by atomic mass is 9.92. The quantitative estimate of drug-likeness (QED) is 0.160. The van der Waals surface area contributed by atoms with E-state index in [4.69, 9.17) is 9.97 Å². The van der Waals surface area contributed by atoms with Crippen molar-refractivity contribution in [3.8, 4) is 72.7 Å². The third-order valence-electron chi connectivity index (χ3n) is 14.4. The van der Waals surface area contributed by atoms with Gasteiger partial charge in [-0.2, -0.15) is 0 Å². The maximum absolute atomic E-state index is 5.48. The summed E-state index contributed by atoms with van der Waals surface area (Å²) in [4.78, 5) is 10.9. The molecule has 3 heteroatoms. The molecule has 0 bridgehead atoms. The van der Waals surface area contributed by atoms with Crippen LogP contribution in [0.4, 0.5) is 0 Å². The molecule has 0 unspecified atom stereocenters. The third-order valence-corrected chi connectivity index (χ3v) is 14.4. The molecule has 12 aromatic carbocycles. The van der Waals surface area contributed by atoms with Crippen molar-refractivity contribution in [1.29, 1.82) is 0 Å². The van der Waals surface area contributed by atoms with E-state index in [1.54, 1.807) is 0 Å². The van der Waals surface area contributed by atoms with Crippen molar-refractivity contribution >= 4 is 65.2 Å². The number of nitrogens with zero attached hydrogens (tertiary/aromatic N) is 3. The SMILES string of the molecule is c1ccc(-c2cc(-c3ccccc3)cc(-c3ccc(-c4nc5ccccc5nc4-c4cccc5c(-n6c7ccc8ccccc8c7c7c8ccccc8c(-c8ccccc8)cc76)cccc45)cc3)c2)cc1. The van der Waals surface area contributed by atoms with E-state index in [0.717, 1.165) is 61.1 Å². The van der Waals surface area contributed by atoms with Crippen LogP contribution in [-0.4, -0.2) is 14.5 Å². The zero-order valence-electron chi connectivity index (χ0n) is 38.7. The summed E-state index contributed by atoms with van der Waals surface area (Å²) in [6.07, 6.45) is 0. The number of fused-ring (bicyclic) bond motifs is 9. The van der Waals surface area contributed by atoms with Crippen LogP contribution >= 0.6 is 0 Å². The molecule has 0 aliphatic heterocycles. The Kier molecular flexibility index (Phi) is 9.53. The third kappa shape index (κ3) is 6.82. The van der Waals surface area contributed by atoms with Gasteiger partial charge in [-0.3, -0.25) is 0 Å². The summed E-state index contributed by atoms with van der Waals surface area (Å²) in [5.74, 6) is 0. The summed E-state index contributed by atoms with van der Waals surface area (Å²) < 4.78 is 2.50. The number of benzene rings is 12. The molecule has 2 heterocycles. The molecular weight excluding hydrogens is 859 g/mol. The van der Waals surface area contributed by atoms with E-state index in [2.05, 4.69) is 253 Å². The first-order valence-corrected chi connectivity index (χ1v) is 24.3. The highest BCUT2D eigenvalue weighted by atomic mass is 15.0. The first-order chi connectivity index (χ1) is 35.2. The fourth-order valence-electron chi connectivity index (χ4n) is 11.0. The van der Waals surface area contributed by atoms with E-state index in [1.165, 1.54) is 76.7 Å². The van der Waals surface area contributed by atoms with E-state index in [-0.39, 0.29) is 0 Å². The Labute approximate surface area is 411 Å². The van der Waals surface area contributed by atoms with Gasteiger partial charge >= 0.3 is 0 Å². The first-order valence-electron chi connectivity index (χ1n) is 24.3. The van der Waals surface area contributed by atoms with Gasteiger partial charge in [-0.15, -0.1) is 0 Å². The molecule has 0 saturated carbocycles. The molecule has 14 aromatic rings.